The molecule has 6 nitrogen and oxygen atoms in total. The maximum atomic E-state index is 11.3. The van der Waals surface area contributed by atoms with E-state index >= 15 is 0 Å². The van der Waals surface area contributed by atoms with E-state index in [4.69, 9.17) is 5.26 Å². The molecular formula is C12H10N2O4. The van der Waals surface area contributed by atoms with E-state index in [9.17, 15) is 14.9 Å². The molecule has 18 heavy (non-hydrogen) atoms. The van der Waals surface area contributed by atoms with Gasteiger partial charge >= 0.3 is 5.97 Å². The lowest BCUT2D eigenvalue weighted by molar-refractivity contribution is -0.384. The molecule has 1 aromatic carbocycles. The molecule has 0 aliphatic rings. The highest BCUT2D eigenvalue weighted by Gasteiger charge is 2.10. The molecule has 0 radical (unpaired) electrons. The molecule has 0 aliphatic heterocycles. The molecule has 0 N–H and O–H groups in total. The summed E-state index contributed by atoms with van der Waals surface area (Å²) in [6, 6.07) is 7.61. The Morgan fingerprint density at radius 3 is 2.89 bits per heavy atom. The summed E-state index contributed by atoms with van der Waals surface area (Å²) in [6.45, 7) is 0. The van der Waals surface area contributed by atoms with Crippen molar-refractivity contribution in [3.63, 3.8) is 0 Å². The van der Waals surface area contributed by atoms with E-state index in [1.807, 2.05) is 6.07 Å². The third-order valence-electron chi connectivity index (χ3n) is 2.14. The van der Waals surface area contributed by atoms with Gasteiger partial charge in [0, 0.05) is 12.1 Å². The zero-order valence-electron chi connectivity index (χ0n) is 9.62. The second-order valence-electron chi connectivity index (χ2n) is 3.35. The molecular weight excluding hydrogens is 236 g/mol. The number of nitrogens with zero attached hydrogens (tertiary/aromatic N) is 2. The van der Waals surface area contributed by atoms with E-state index in [1.54, 1.807) is 6.07 Å². The van der Waals surface area contributed by atoms with Crippen LogP contribution in [0.4, 0.5) is 5.69 Å². The number of ether oxygens (including phenoxy) is 1. The van der Waals surface area contributed by atoms with Crippen molar-refractivity contribution in [3.05, 3.63) is 45.5 Å². The number of esters is 1. The molecule has 0 saturated heterocycles. The van der Waals surface area contributed by atoms with Crippen molar-refractivity contribution >= 4 is 17.7 Å². The molecule has 92 valence electrons. The van der Waals surface area contributed by atoms with Gasteiger partial charge in [-0.25, -0.2) is 4.79 Å². The Morgan fingerprint density at radius 2 is 2.33 bits per heavy atom. The van der Waals surface area contributed by atoms with Gasteiger partial charge in [0.2, 0.25) is 0 Å². The summed E-state index contributed by atoms with van der Waals surface area (Å²) >= 11 is 0. The lowest BCUT2D eigenvalue weighted by Crippen LogP contribution is -2.04. The van der Waals surface area contributed by atoms with Crippen LogP contribution < -0.4 is 0 Å². The predicted octanol–water partition coefficient (Wildman–Crippen LogP) is 2.06. The summed E-state index contributed by atoms with van der Waals surface area (Å²) in [5.74, 6) is -0.622. The van der Waals surface area contributed by atoms with Gasteiger partial charge in [-0.15, -0.1) is 0 Å². The SMILES string of the molecule is COC(=O)/C(=C/c1cccc([N+](=O)[O-])c1)CC#N. The molecule has 0 bridgehead atoms. The fourth-order valence-electron chi connectivity index (χ4n) is 1.33. The topological polar surface area (TPSA) is 93.2 Å². The Hall–Kier alpha value is -2.68. The summed E-state index contributed by atoms with van der Waals surface area (Å²) in [6.07, 6.45) is 1.29. The fraction of sp³-hybridized carbons (Fsp3) is 0.167. The maximum Gasteiger partial charge on any atom is 0.334 e. The molecule has 0 spiro atoms. The standard InChI is InChI=1S/C12H10N2O4/c1-18-12(15)10(5-6-13)7-9-3-2-4-11(8-9)14(16)17/h2-4,7-8H,5H2,1H3/b10-7+. The monoisotopic (exact) mass is 246 g/mol. The second-order valence-corrected chi connectivity index (χ2v) is 3.35. The van der Waals surface area contributed by atoms with Crippen LogP contribution in [-0.4, -0.2) is 18.0 Å². The van der Waals surface area contributed by atoms with Crippen molar-refractivity contribution in [2.75, 3.05) is 7.11 Å². The van der Waals surface area contributed by atoms with Crippen LogP contribution in [0.2, 0.25) is 0 Å². The zero-order chi connectivity index (χ0) is 13.5. The van der Waals surface area contributed by atoms with E-state index in [2.05, 4.69) is 4.74 Å². The Labute approximate surface area is 103 Å². The molecule has 0 heterocycles. The van der Waals surface area contributed by atoms with E-state index in [0.717, 1.165) is 0 Å². The molecule has 6 heteroatoms. The molecule has 0 unspecified atom stereocenters. The lowest BCUT2D eigenvalue weighted by atomic mass is 10.1. The highest BCUT2D eigenvalue weighted by Crippen LogP contribution is 2.17. The number of hydrogen-bond donors (Lipinski definition) is 0. The van der Waals surface area contributed by atoms with Crippen LogP contribution in [-0.2, 0) is 9.53 Å². The first-order valence-corrected chi connectivity index (χ1v) is 4.98. The van der Waals surface area contributed by atoms with Crippen LogP contribution in [0.5, 0.6) is 0 Å². The van der Waals surface area contributed by atoms with Gasteiger partial charge in [0.05, 0.1) is 30.1 Å². The largest absolute Gasteiger partial charge is 0.466 e. The quantitative estimate of drug-likeness (QED) is 0.351. The van der Waals surface area contributed by atoms with Crippen molar-refractivity contribution in [1.29, 1.82) is 5.26 Å². The molecule has 1 aromatic rings. The Balaban J connectivity index is 3.12. The minimum atomic E-state index is -0.622. The highest BCUT2D eigenvalue weighted by molar-refractivity contribution is 5.94. The number of rotatable bonds is 4. The van der Waals surface area contributed by atoms with Gasteiger partial charge in [-0.05, 0) is 11.6 Å². The van der Waals surface area contributed by atoms with E-state index < -0.39 is 10.9 Å². The third kappa shape index (κ3) is 3.42. The highest BCUT2D eigenvalue weighted by atomic mass is 16.6. The van der Waals surface area contributed by atoms with Crippen LogP contribution in [0, 0.1) is 21.4 Å². The van der Waals surface area contributed by atoms with Gasteiger partial charge in [0.25, 0.3) is 5.69 Å². The summed E-state index contributed by atoms with van der Waals surface area (Å²) in [5, 5.41) is 19.2. The fourth-order valence-corrected chi connectivity index (χ4v) is 1.33. The van der Waals surface area contributed by atoms with Crippen molar-refractivity contribution in [3.8, 4) is 6.07 Å². The first-order valence-electron chi connectivity index (χ1n) is 4.98. The molecule has 0 atom stereocenters. The maximum absolute atomic E-state index is 11.3. The van der Waals surface area contributed by atoms with Gasteiger partial charge in [-0.1, -0.05) is 12.1 Å². The van der Waals surface area contributed by atoms with Gasteiger partial charge in [-0.2, -0.15) is 5.26 Å². The first kappa shape index (κ1) is 13.4. The van der Waals surface area contributed by atoms with Crippen LogP contribution in [0.3, 0.4) is 0 Å². The summed E-state index contributed by atoms with van der Waals surface area (Å²) in [5.41, 5.74) is 0.547. The third-order valence-corrected chi connectivity index (χ3v) is 2.14. The average molecular weight is 246 g/mol. The van der Waals surface area contributed by atoms with Crippen LogP contribution in [0.1, 0.15) is 12.0 Å². The average Bonchev–Trinajstić information content (AvgIpc) is 2.37. The summed E-state index contributed by atoms with van der Waals surface area (Å²) in [7, 11) is 1.21. The number of methoxy groups -OCH3 is 1. The van der Waals surface area contributed by atoms with E-state index in [1.165, 1.54) is 31.4 Å². The second kappa shape index (κ2) is 6.15. The van der Waals surface area contributed by atoms with Gasteiger partial charge in [0.1, 0.15) is 0 Å². The predicted molar refractivity (Wildman–Crippen MR) is 63.3 cm³/mol. The number of carbonyl (C=O) groups is 1. The van der Waals surface area contributed by atoms with Gasteiger partial charge in [0.15, 0.2) is 0 Å². The smallest absolute Gasteiger partial charge is 0.334 e. The Bertz CT molecular complexity index is 543. The first-order chi connectivity index (χ1) is 8.58. The van der Waals surface area contributed by atoms with Crippen LogP contribution in [0.25, 0.3) is 6.08 Å². The number of carbonyl (C=O) groups excluding carboxylic acids is 1. The zero-order valence-corrected chi connectivity index (χ0v) is 9.62. The van der Waals surface area contributed by atoms with E-state index in [-0.39, 0.29) is 17.7 Å². The summed E-state index contributed by atoms with van der Waals surface area (Å²) in [4.78, 5) is 21.4. The minimum absolute atomic E-state index is 0.0788. The van der Waals surface area contributed by atoms with Crippen molar-refractivity contribution < 1.29 is 14.5 Å². The lowest BCUT2D eigenvalue weighted by Gasteiger charge is -2.01. The number of nitriles is 1. The van der Waals surface area contributed by atoms with Gasteiger partial charge < -0.3 is 4.74 Å². The van der Waals surface area contributed by atoms with Crippen LogP contribution >= 0.6 is 0 Å². The number of benzene rings is 1. The number of nitro benzene ring substituents is 1. The normalized spacial score (nSPS) is 10.6. The van der Waals surface area contributed by atoms with Crippen molar-refractivity contribution in [2.24, 2.45) is 0 Å². The van der Waals surface area contributed by atoms with Gasteiger partial charge in [-0.3, -0.25) is 10.1 Å². The molecule has 0 aromatic heterocycles. The van der Waals surface area contributed by atoms with E-state index in [0.29, 0.717) is 5.56 Å². The van der Waals surface area contributed by atoms with Crippen molar-refractivity contribution in [1.82, 2.24) is 0 Å². The number of nitro groups is 1. The molecule has 0 amide bonds. The molecule has 0 saturated carbocycles. The van der Waals surface area contributed by atoms with Crippen molar-refractivity contribution in [2.45, 2.75) is 6.42 Å². The Morgan fingerprint density at radius 1 is 1.61 bits per heavy atom. The minimum Gasteiger partial charge on any atom is -0.466 e. The van der Waals surface area contributed by atoms with Crippen LogP contribution in [0.15, 0.2) is 29.8 Å². The number of non-ortho nitro benzene ring substituents is 1. The summed E-state index contributed by atoms with van der Waals surface area (Å²) < 4.78 is 4.52. The number of hydrogen-bond acceptors (Lipinski definition) is 5. The molecule has 1 rings (SSSR count). The molecule has 0 fully saturated rings. The molecule has 0 aliphatic carbocycles. The Kier molecular flexibility index (Phi) is 4.58.